The van der Waals surface area contributed by atoms with Crippen LogP contribution in [0.3, 0.4) is 0 Å². The van der Waals surface area contributed by atoms with Crippen LogP contribution in [-0.2, 0) is 13.0 Å². The number of benzene rings is 2. The lowest BCUT2D eigenvalue weighted by atomic mass is 10.00. The van der Waals surface area contributed by atoms with Gasteiger partial charge in [0.25, 0.3) is 11.8 Å². The molecule has 42 heavy (non-hydrogen) atoms. The first-order chi connectivity index (χ1) is 20.2. The minimum absolute atomic E-state index is 0.0301. The first-order valence-corrected chi connectivity index (χ1v) is 14.1. The molecule has 1 heterocycles. The van der Waals surface area contributed by atoms with Gasteiger partial charge >= 0.3 is 0 Å². The normalized spacial score (nSPS) is 12.1. The number of pyridine rings is 1. The molecule has 7 nitrogen and oxygen atoms in total. The van der Waals surface area contributed by atoms with E-state index in [0.29, 0.717) is 19.6 Å². The summed E-state index contributed by atoms with van der Waals surface area (Å²) < 4.78 is 27.8. The topological polar surface area (TPSA) is 94.6 Å². The van der Waals surface area contributed by atoms with Crippen molar-refractivity contribution in [2.24, 2.45) is 0 Å². The van der Waals surface area contributed by atoms with Gasteiger partial charge in [0.05, 0.1) is 23.3 Å². The molecule has 3 rings (SSSR count). The predicted octanol–water partition coefficient (Wildman–Crippen LogP) is 4.49. The van der Waals surface area contributed by atoms with Gasteiger partial charge in [0.15, 0.2) is 0 Å². The van der Waals surface area contributed by atoms with E-state index >= 15 is 0 Å². The number of hydrogen-bond acceptors (Lipinski definition) is 5. The highest BCUT2D eigenvalue weighted by Gasteiger charge is 2.24. The Bertz CT molecular complexity index is 1390. The number of nitrogens with one attached hydrogen (secondary N) is 2. The average molecular weight is 577 g/mol. The van der Waals surface area contributed by atoms with E-state index in [1.165, 1.54) is 30.6 Å². The molecule has 3 aromatic rings. The molecule has 0 bridgehead atoms. The fourth-order valence-corrected chi connectivity index (χ4v) is 4.65. The number of aliphatic hydroxyl groups is 1. The lowest BCUT2D eigenvalue weighted by Gasteiger charge is -2.25. The molecule has 0 fully saturated rings. The molecule has 2 aromatic carbocycles. The Labute approximate surface area is 246 Å². The second-order valence-electron chi connectivity index (χ2n) is 10.1. The Hall–Kier alpha value is -4.13. The predicted molar refractivity (Wildman–Crippen MR) is 159 cm³/mol. The number of carbonyl (C=O) groups is 2. The Morgan fingerprint density at radius 3 is 2.33 bits per heavy atom. The fraction of sp³-hybridized carbons (Fsp3) is 0.364. The van der Waals surface area contributed by atoms with Gasteiger partial charge in [0.2, 0.25) is 0 Å². The fourth-order valence-electron chi connectivity index (χ4n) is 4.65. The second-order valence-corrected chi connectivity index (χ2v) is 10.1. The van der Waals surface area contributed by atoms with Crippen molar-refractivity contribution in [1.29, 1.82) is 0 Å². The molecule has 1 aromatic heterocycles. The zero-order valence-corrected chi connectivity index (χ0v) is 24.3. The van der Waals surface area contributed by atoms with E-state index in [-0.39, 0.29) is 35.6 Å². The summed E-state index contributed by atoms with van der Waals surface area (Å²) in [5.74, 6) is 3.57. The molecule has 0 radical (unpaired) electrons. The zero-order valence-electron chi connectivity index (χ0n) is 24.3. The maximum atomic E-state index is 13.9. The number of carbonyl (C=O) groups excluding carboxylic acids is 2. The highest BCUT2D eigenvalue weighted by atomic mass is 19.1. The lowest BCUT2D eigenvalue weighted by Crippen LogP contribution is -2.48. The van der Waals surface area contributed by atoms with Crippen LogP contribution in [0.5, 0.6) is 0 Å². The van der Waals surface area contributed by atoms with Gasteiger partial charge in [0, 0.05) is 50.2 Å². The molecule has 222 valence electrons. The molecule has 0 aliphatic carbocycles. The average Bonchev–Trinajstić information content (AvgIpc) is 2.96. The first kappa shape index (κ1) is 32.4. The third-order valence-electron chi connectivity index (χ3n) is 6.56. The van der Waals surface area contributed by atoms with Crippen molar-refractivity contribution in [2.75, 3.05) is 19.6 Å². The van der Waals surface area contributed by atoms with Crippen LogP contribution in [0, 0.1) is 23.5 Å². The Morgan fingerprint density at radius 2 is 1.67 bits per heavy atom. The van der Waals surface area contributed by atoms with E-state index in [4.69, 9.17) is 0 Å². The van der Waals surface area contributed by atoms with E-state index in [0.717, 1.165) is 30.0 Å². The molecule has 0 saturated heterocycles. The highest BCUT2D eigenvalue weighted by Crippen LogP contribution is 2.14. The Kier molecular flexibility index (Phi) is 12.6. The monoisotopic (exact) mass is 576 g/mol. The summed E-state index contributed by atoms with van der Waals surface area (Å²) in [6, 6.07) is 11.3. The van der Waals surface area contributed by atoms with Crippen LogP contribution < -0.4 is 10.6 Å². The molecule has 9 heteroatoms. The van der Waals surface area contributed by atoms with Crippen molar-refractivity contribution < 1.29 is 23.5 Å². The van der Waals surface area contributed by atoms with Crippen LogP contribution in [0.25, 0.3) is 0 Å². The molecule has 0 aliphatic rings. The first-order valence-electron chi connectivity index (χ1n) is 14.1. The van der Waals surface area contributed by atoms with Gasteiger partial charge in [0.1, 0.15) is 11.6 Å². The van der Waals surface area contributed by atoms with Crippen molar-refractivity contribution in [2.45, 2.75) is 58.7 Å². The number of aromatic nitrogens is 1. The van der Waals surface area contributed by atoms with E-state index in [9.17, 15) is 23.5 Å². The van der Waals surface area contributed by atoms with Gasteiger partial charge in [-0.1, -0.05) is 31.9 Å². The maximum absolute atomic E-state index is 13.9. The van der Waals surface area contributed by atoms with Crippen LogP contribution in [0.4, 0.5) is 8.78 Å². The van der Waals surface area contributed by atoms with Gasteiger partial charge in [-0.2, -0.15) is 0 Å². The van der Waals surface area contributed by atoms with Gasteiger partial charge in [-0.3, -0.25) is 14.6 Å². The molecule has 3 N–H and O–H groups in total. The van der Waals surface area contributed by atoms with Gasteiger partial charge < -0.3 is 20.6 Å². The van der Waals surface area contributed by atoms with Crippen LogP contribution >= 0.6 is 0 Å². The second kappa shape index (κ2) is 16.3. The molecular weight excluding hydrogens is 538 g/mol. The smallest absolute Gasteiger partial charge is 0.255 e. The van der Waals surface area contributed by atoms with Gasteiger partial charge in [-0.05, 0) is 67.6 Å². The molecule has 0 saturated carbocycles. The summed E-state index contributed by atoms with van der Waals surface area (Å²) >= 11 is 0. The van der Waals surface area contributed by atoms with Gasteiger partial charge in [-0.15, -0.1) is 5.92 Å². The summed E-state index contributed by atoms with van der Waals surface area (Å²) in [5.41, 5.74) is 2.53. The van der Waals surface area contributed by atoms with Crippen LogP contribution in [-0.4, -0.2) is 58.6 Å². The third-order valence-corrected chi connectivity index (χ3v) is 6.56. The number of hydrogen-bond donors (Lipinski definition) is 3. The number of amides is 2. The number of nitrogens with zero attached hydrogens (tertiary/aromatic N) is 2. The summed E-state index contributed by atoms with van der Waals surface area (Å²) in [4.78, 5) is 32.2. The van der Waals surface area contributed by atoms with E-state index in [1.807, 2.05) is 38.1 Å². The largest absolute Gasteiger partial charge is 0.390 e. The third kappa shape index (κ3) is 9.75. The van der Waals surface area contributed by atoms with E-state index < -0.39 is 29.7 Å². The molecule has 2 unspecified atom stereocenters. The summed E-state index contributed by atoms with van der Waals surface area (Å²) in [6.45, 7) is 7.44. The van der Waals surface area contributed by atoms with Crippen molar-refractivity contribution in [3.8, 4) is 11.8 Å². The Morgan fingerprint density at radius 1 is 0.976 bits per heavy atom. The number of halogens is 2. The lowest BCUT2D eigenvalue weighted by molar-refractivity contribution is 0.0755. The van der Waals surface area contributed by atoms with Crippen molar-refractivity contribution in [3.05, 3.63) is 100 Å². The molecule has 0 aliphatic heterocycles. The standard InChI is InChI=1S/C33H38F2N4O3/c1-4-8-23-9-7-10-24(13-23)19-36-22-31(40)30(16-25-14-28(34)18-29(35)15-25)38-32(41)26-17-27(21-37-20-26)33(42)39(11-5-2)12-6-3/h7,9-10,13-15,17-18,20-21,30-31,36,40H,5-6,11-12,16,19,22H2,1-3H3,(H,38,41). The summed E-state index contributed by atoms with van der Waals surface area (Å²) in [7, 11) is 0. The van der Waals surface area contributed by atoms with E-state index in [1.54, 1.807) is 11.8 Å². The van der Waals surface area contributed by atoms with Crippen LogP contribution in [0.2, 0.25) is 0 Å². The minimum atomic E-state index is -1.11. The molecule has 2 amide bonds. The van der Waals surface area contributed by atoms with Crippen molar-refractivity contribution in [3.63, 3.8) is 0 Å². The molecule has 0 spiro atoms. The van der Waals surface area contributed by atoms with Gasteiger partial charge in [-0.25, -0.2) is 8.78 Å². The molecular formula is C33H38F2N4O3. The van der Waals surface area contributed by atoms with E-state index in [2.05, 4.69) is 27.5 Å². The quantitative estimate of drug-likeness (QED) is 0.246. The number of rotatable bonds is 14. The SMILES string of the molecule is CC#Cc1cccc(CNCC(O)C(Cc2cc(F)cc(F)c2)NC(=O)c2cncc(C(=O)N(CCC)CCC)c2)c1. The van der Waals surface area contributed by atoms with Crippen LogP contribution in [0.15, 0.2) is 60.9 Å². The van der Waals surface area contributed by atoms with Crippen molar-refractivity contribution >= 4 is 11.8 Å². The highest BCUT2D eigenvalue weighted by molar-refractivity contribution is 5.99. The Balaban J connectivity index is 1.77. The maximum Gasteiger partial charge on any atom is 0.255 e. The minimum Gasteiger partial charge on any atom is -0.390 e. The summed E-state index contributed by atoms with van der Waals surface area (Å²) in [5, 5.41) is 17.0. The van der Waals surface area contributed by atoms with Crippen molar-refractivity contribution in [1.82, 2.24) is 20.5 Å². The molecule has 2 atom stereocenters. The summed E-state index contributed by atoms with van der Waals surface area (Å²) in [6.07, 6.45) is 3.22. The zero-order chi connectivity index (χ0) is 30.5. The number of aliphatic hydroxyl groups excluding tert-OH is 1. The van der Waals surface area contributed by atoms with Crippen LogP contribution in [0.1, 0.15) is 71.0 Å².